The molecule has 2 radical (unpaired) electrons. The van der Waals surface area contributed by atoms with Gasteiger partial charge in [-0.2, -0.15) is 0 Å². The molecule has 0 atom stereocenters. The third-order valence-electron chi connectivity index (χ3n) is 5.49. The lowest BCUT2D eigenvalue weighted by atomic mass is 10.0. The highest BCUT2D eigenvalue weighted by Gasteiger charge is 2.03. The fourth-order valence-electron chi connectivity index (χ4n) is 3.78. The molecule has 0 amide bonds. The van der Waals surface area contributed by atoms with Gasteiger partial charge >= 0.3 is 0 Å². The van der Waals surface area contributed by atoms with Crippen LogP contribution in [0.2, 0.25) is 0 Å². The smallest absolute Gasteiger partial charge is 0.0625 e. The first-order chi connectivity index (χ1) is 15.3. The zero-order valence-corrected chi connectivity index (χ0v) is 18.2. The minimum atomic E-state index is 0.664. The lowest BCUT2D eigenvalue weighted by Crippen LogP contribution is -2.26. The zero-order chi connectivity index (χ0) is 20.9. The van der Waals surface area contributed by atoms with Crippen LogP contribution in [0.25, 0.3) is 33.4 Å². The zero-order valence-electron chi connectivity index (χ0n) is 17.2. The Morgan fingerprint density at radius 1 is 0.258 bits per heavy atom. The first-order valence-electron chi connectivity index (χ1n) is 10.5. The van der Waals surface area contributed by atoms with Gasteiger partial charge in [0.25, 0.3) is 0 Å². The summed E-state index contributed by atoms with van der Waals surface area (Å²) in [6.45, 7) is 0. The van der Waals surface area contributed by atoms with Crippen LogP contribution in [0.15, 0.2) is 133 Å². The molecule has 1 heteroatoms. The van der Waals surface area contributed by atoms with Gasteiger partial charge in [-0.15, -0.1) is 0 Å². The Morgan fingerprint density at radius 3 is 0.839 bits per heavy atom. The molecule has 0 N–H and O–H groups in total. The van der Waals surface area contributed by atoms with E-state index in [1.165, 1.54) is 43.8 Å². The van der Waals surface area contributed by atoms with Crippen LogP contribution in [0.3, 0.4) is 0 Å². The van der Waals surface area contributed by atoms with E-state index in [0.717, 1.165) is 0 Å². The van der Waals surface area contributed by atoms with Crippen LogP contribution in [-0.4, -0.2) is 9.52 Å². The Balaban J connectivity index is 1.28. The average Bonchev–Trinajstić information content (AvgIpc) is 2.86. The topological polar surface area (TPSA) is 0 Å². The summed E-state index contributed by atoms with van der Waals surface area (Å²) < 4.78 is 0. The van der Waals surface area contributed by atoms with Gasteiger partial charge in [-0.1, -0.05) is 144 Å². The number of hydrogen-bond acceptors (Lipinski definition) is 0. The van der Waals surface area contributed by atoms with Gasteiger partial charge in [-0.05, 0) is 33.4 Å². The Hall–Kier alpha value is -3.68. The first kappa shape index (κ1) is 19.3. The van der Waals surface area contributed by atoms with Crippen molar-refractivity contribution in [2.75, 3.05) is 0 Å². The average molecular weight is 411 g/mol. The second-order valence-corrected chi connectivity index (χ2v) is 8.99. The molecule has 5 rings (SSSR count). The molecule has 0 saturated heterocycles. The minimum Gasteiger partial charge on any atom is -0.0625 e. The summed E-state index contributed by atoms with van der Waals surface area (Å²) in [5, 5.41) is 2.72. The summed E-state index contributed by atoms with van der Waals surface area (Å²) in [6.07, 6.45) is 0. The van der Waals surface area contributed by atoms with E-state index in [4.69, 9.17) is 0 Å². The van der Waals surface area contributed by atoms with E-state index >= 15 is 0 Å². The highest BCUT2D eigenvalue weighted by molar-refractivity contribution is 6.67. The molecule has 0 bridgehead atoms. The Bertz CT molecular complexity index is 1240. The van der Waals surface area contributed by atoms with Gasteiger partial charge in [0.2, 0.25) is 0 Å². The van der Waals surface area contributed by atoms with E-state index < -0.39 is 0 Å². The van der Waals surface area contributed by atoms with Gasteiger partial charge in [-0.3, -0.25) is 0 Å². The fraction of sp³-hybridized carbons (Fsp3) is 0. The fourth-order valence-corrected chi connectivity index (χ4v) is 4.78. The molecule has 0 aromatic heterocycles. The maximum Gasteiger partial charge on any atom is 0.121 e. The molecule has 0 nitrogen and oxygen atoms in total. The quantitative estimate of drug-likeness (QED) is 0.297. The number of hydrogen-bond donors (Lipinski definition) is 0. The molecule has 0 aliphatic rings. The number of benzene rings is 5. The highest BCUT2D eigenvalue weighted by Crippen LogP contribution is 2.24. The van der Waals surface area contributed by atoms with Crippen LogP contribution in [0.1, 0.15) is 0 Å². The SMILES string of the molecule is c1ccc(-c2ccc([Si]c3ccc(-c4ccc(-c5ccccc5)cc4)cc3)cc2)cc1. The van der Waals surface area contributed by atoms with Gasteiger partial charge in [0.15, 0.2) is 0 Å². The molecule has 146 valence electrons. The van der Waals surface area contributed by atoms with E-state index in [1.54, 1.807) is 0 Å². The van der Waals surface area contributed by atoms with Crippen LogP contribution in [-0.2, 0) is 0 Å². The molecular formula is C30H22Si. The Labute approximate surface area is 186 Å². The van der Waals surface area contributed by atoms with Crippen molar-refractivity contribution in [3.8, 4) is 33.4 Å². The molecule has 0 aliphatic carbocycles. The molecule has 5 aromatic rings. The molecule has 0 unspecified atom stereocenters. The normalized spacial score (nSPS) is 10.7. The molecule has 0 spiro atoms. The van der Waals surface area contributed by atoms with Crippen molar-refractivity contribution >= 4 is 19.9 Å². The van der Waals surface area contributed by atoms with Crippen molar-refractivity contribution in [3.63, 3.8) is 0 Å². The molecule has 0 aliphatic heterocycles. The summed E-state index contributed by atoms with van der Waals surface area (Å²) >= 11 is 0. The predicted molar refractivity (Wildman–Crippen MR) is 134 cm³/mol. The lowest BCUT2D eigenvalue weighted by Gasteiger charge is -2.07. The van der Waals surface area contributed by atoms with Crippen molar-refractivity contribution in [1.82, 2.24) is 0 Å². The van der Waals surface area contributed by atoms with Crippen molar-refractivity contribution in [2.45, 2.75) is 0 Å². The van der Waals surface area contributed by atoms with E-state index in [9.17, 15) is 0 Å². The standard InChI is InChI=1S/C30H22Si/c1-3-7-23(8-4-1)25-11-13-26(14-12-25)28-17-21-30(22-18-28)31-29-19-15-27(16-20-29)24-9-5-2-6-10-24/h1-22H. The van der Waals surface area contributed by atoms with Gasteiger partial charge in [0.1, 0.15) is 9.52 Å². The largest absolute Gasteiger partial charge is 0.121 e. The molecular weight excluding hydrogens is 388 g/mol. The number of rotatable bonds is 5. The van der Waals surface area contributed by atoms with E-state index in [-0.39, 0.29) is 0 Å². The molecule has 0 saturated carbocycles. The maximum atomic E-state index is 2.25. The van der Waals surface area contributed by atoms with Crippen LogP contribution in [0.4, 0.5) is 0 Å². The Kier molecular flexibility index (Phi) is 5.59. The predicted octanol–water partition coefficient (Wildman–Crippen LogP) is 6.34. The van der Waals surface area contributed by atoms with Gasteiger partial charge in [0.05, 0.1) is 0 Å². The molecule has 0 fully saturated rings. The van der Waals surface area contributed by atoms with Crippen molar-refractivity contribution in [3.05, 3.63) is 133 Å². The van der Waals surface area contributed by atoms with Crippen molar-refractivity contribution in [1.29, 1.82) is 0 Å². The lowest BCUT2D eigenvalue weighted by molar-refractivity contribution is 1.60. The first-order valence-corrected chi connectivity index (χ1v) is 11.5. The summed E-state index contributed by atoms with van der Waals surface area (Å²) in [5.74, 6) is 0. The van der Waals surface area contributed by atoms with Crippen LogP contribution in [0, 0.1) is 0 Å². The van der Waals surface area contributed by atoms with Gasteiger partial charge in [-0.25, -0.2) is 0 Å². The minimum absolute atomic E-state index is 0.664. The summed E-state index contributed by atoms with van der Waals surface area (Å²) in [4.78, 5) is 0. The summed E-state index contributed by atoms with van der Waals surface area (Å²) in [6, 6.07) is 47.8. The third-order valence-corrected chi connectivity index (χ3v) is 6.73. The molecule has 0 heterocycles. The van der Waals surface area contributed by atoms with E-state index in [2.05, 4.69) is 133 Å². The maximum absolute atomic E-state index is 2.25. The summed E-state index contributed by atoms with van der Waals surface area (Å²) in [7, 11) is 0.664. The van der Waals surface area contributed by atoms with Crippen molar-refractivity contribution in [2.24, 2.45) is 0 Å². The van der Waals surface area contributed by atoms with Crippen LogP contribution < -0.4 is 10.4 Å². The second kappa shape index (κ2) is 8.99. The molecule has 5 aromatic carbocycles. The van der Waals surface area contributed by atoms with Crippen molar-refractivity contribution < 1.29 is 0 Å². The third kappa shape index (κ3) is 4.58. The Morgan fingerprint density at radius 2 is 0.516 bits per heavy atom. The van der Waals surface area contributed by atoms with Crippen LogP contribution in [0.5, 0.6) is 0 Å². The summed E-state index contributed by atoms with van der Waals surface area (Å²) in [5.41, 5.74) is 7.54. The van der Waals surface area contributed by atoms with E-state index in [1.807, 2.05) is 0 Å². The van der Waals surface area contributed by atoms with Gasteiger partial charge < -0.3 is 0 Å². The highest BCUT2D eigenvalue weighted by atomic mass is 28.2. The van der Waals surface area contributed by atoms with Crippen LogP contribution >= 0.6 is 0 Å². The second-order valence-electron chi connectivity index (χ2n) is 7.59. The molecule has 31 heavy (non-hydrogen) atoms. The monoisotopic (exact) mass is 410 g/mol. The van der Waals surface area contributed by atoms with E-state index in [0.29, 0.717) is 9.52 Å². The van der Waals surface area contributed by atoms with Gasteiger partial charge in [0, 0.05) is 0 Å².